The predicted molar refractivity (Wildman–Crippen MR) is 108 cm³/mol. The van der Waals surface area contributed by atoms with E-state index in [1.54, 1.807) is 36.4 Å². The van der Waals surface area contributed by atoms with Crippen LogP contribution in [0.3, 0.4) is 0 Å². The zero-order valence-corrected chi connectivity index (χ0v) is 17.2. The van der Waals surface area contributed by atoms with E-state index in [0.717, 1.165) is 5.56 Å². The Morgan fingerprint density at radius 3 is 2.22 bits per heavy atom. The first kappa shape index (κ1) is 19.4. The van der Waals surface area contributed by atoms with Crippen molar-refractivity contribution in [3.8, 4) is 11.1 Å². The van der Waals surface area contributed by atoms with Gasteiger partial charge in [-0.2, -0.15) is 0 Å². The Balaban J connectivity index is 2.05. The van der Waals surface area contributed by atoms with Crippen molar-refractivity contribution in [2.45, 2.75) is 38.6 Å². The SMILES string of the molecule is CC(C)C(NC(=O)c1ccc2c(c1)-c1ccccc1S(=O)(=O)N2C)C(C)C. The highest BCUT2D eigenvalue weighted by atomic mass is 32.2. The lowest BCUT2D eigenvalue weighted by atomic mass is 9.92. The second kappa shape index (κ2) is 7.00. The van der Waals surface area contributed by atoms with Gasteiger partial charge < -0.3 is 5.32 Å². The lowest BCUT2D eigenvalue weighted by Gasteiger charge is -2.30. The molecule has 5 nitrogen and oxygen atoms in total. The number of hydrogen-bond donors (Lipinski definition) is 1. The first-order valence-electron chi connectivity index (χ1n) is 9.18. The molecule has 3 rings (SSSR count). The van der Waals surface area contributed by atoms with Gasteiger partial charge in [-0.05, 0) is 36.1 Å². The number of benzene rings is 2. The average Bonchev–Trinajstić information content (AvgIpc) is 2.63. The van der Waals surface area contributed by atoms with E-state index in [9.17, 15) is 13.2 Å². The Morgan fingerprint density at radius 1 is 0.963 bits per heavy atom. The van der Waals surface area contributed by atoms with E-state index in [4.69, 9.17) is 0 Å². The number of hydrogen-bond acceptors (Lipinski definition) is 3. The number of amides is 1. The first-order chi connectivity index (χ1) is 12.6. The molecule has 1 aliphatic heterocycles. The van der Waals surface area contributed by atoms with Crippen LogP contribution in [0.25, 0.3) is 11.1 Å². The molecule has 1 aliphatic rings. The summed E-state index contributed by atoms with van der Waals surface area (Å²) in [5.74, 6) is 0.505. The van der Waals surface area contributed by atoms with Crippen molar-refractivity contribution in [2.75, 3.05) is 11.4 Å². The van der Waals surface area contributed by atoms with Gasteiger partial charge in [0.05, 0.1) is 10.6 Å². The van der Waals surface area contributed by atoms with Gasteiger partial charge in [0.25, 0.3) is 15.9 Å². The van der Waals surface area contributed by atoms with E-state index in [0.29, 0.717) is 28.7 Å². The van der Waals surface area contributed by atoms with Crippen LogP contribution in [0, 0.1) is 11.8 Å². The van der Waals surface area contributed by atoms with Crippen LogP contribution < -0.4 is 9.62 Å². The molecule has 1 amide bonds. The van der Waals surface area contributed by atoms with E-state index >= 15 is 0 Å². The van der Waals surface area contributed by atoms with E-state index in [1.807, 2.05) is 6.07 Å². The van der Waals surface area contributed by atoms with Gasteiger partial charge in [-0.1, -0.05) is 45.9 Å². The van der Waals surface area contributed by atoms with Crippen molar-refractivity contribution in [3.63, 3.8) is 0 Å². The average molecular weight is 387 g/mol. The largest absolute Gasteiger partial charge is 0.349 e. The minimum atomic E-state index is -3.58. The number of rotatable bonds is 4. The van der Waals surface area contributed by atoms with Crippen LogP contribution in [0.2, 0.25) is 0 Å². The molecule has 1 N–H and O–H groups in total. The molecule has 0 atom stereocenters. The van der Waals surface area contributed by atoms with Crippen molar-refractivity contribution >= 4 is 21.6 Å². The molecule has 2 aromatic carbocycles. The molecule has 0 bridgehead atoms. The highest BCUT2D eigenvalue weighted by Crippen LogP contribution is 2.42. The Kier molecular flexibility index (Phi) is 5.04. The molecule has 0 radical (unpaired) electrons. The second-order valence-corrected chi connectivity index (χ2v) is 9.63. The van der Waals surface area contributed by atoms with Crippen molar-refractivity contribution in [3.05, 3.63) is 48.0 Å². The van der Waals surface area contributed by atoms with Crippen LogP contribution in [-0.4, -0.2) is 27.4 Å². The lowest BCUT2D eigenvalue weighted by molar-refractivity contribution is 0.0910. The fourth-order valence-electron chi connectivity index (χ4n) is 3.70. The van der Waals surface area contributed by atoms with Crippen LogP contribution in [-0.2, 0) is 10.0 Å². The molecule has 1 heterocycles. The van der Waals surface area contributed by atoms with Crippen LogP contribution >= 0.6 is 0 Å². The van der Waals surface area contributed by atoms with Crippen LogP contribution in [0.4, 0.5) is 5.69 Å². The molecule has 0 fully saturated rings. The number of carbonyl (C=O) groups is 1. The zero-order chi connectivity index (χ0) is 19.9. The number of nitrogens with zero attached hydrogens (tertiary/aromatic N) is 1. The Bertz CT molecular complexity index is 973. The van der Waals surface area contributed by atoms with Gasteiger partial charge in [0.15, 0.2) is 0 Å². The normalized spacial score (nSPS) is 15.0. The number of nitrogens with one attached hydrogen (secondary N) is 1. The van der Waals surface area contributed by atoms with Gasteiger partial charge in [-0.15, -0.1) is 0 Å². The molecule has 0 aliphatic carbocycles. The van der Waals surface area contributed by atoms with Crippen molar-refractivity contribution in [1.82, 2.24) is 5.32 Å². The van der Waals surface area contributed by atoms with Gasteiger partial charge in [0.2, 0.25) is 0 Å². The summed E-state index contributed by atoms with van der Waals surface area (Å²) in [7, 11) is -2.04. The molecule has 6 heteroatoms. The van der Waals surface area contributed by atoms with Gasteiger partial charge in [0.1, 0.15) is 0 Å². The lowest BCUT2D eigenvalue weighted by Crippen LogP contribution is -2.42. The van der Waals surface area contributed by atoms with Crippen molar-refractivity contribution in [1.29, 1.82) is 0 Å². The summed E-state index contributed by atoms with van der Waals surface area (Å²) in [5, 5.41) is 3.12. The Labute approximate surface area is 161 Å². The number of anilines is 1. The van der Waals surface area contributed by atoms with Crippen LogP contribution in [0.1, 0.15) is 38.1 Å². The maximum atomic E-state index is 12.8. The number of carbonyl (C=O) groups excluding carboxylic acids is 1. The summed E-state index contributed by atoms with van der Waals surface area (Å²) >= 11 is 0. The Hall–Kier alpha value is -2.34. The molecule has 144 valence electrons. The monoisotopic (exact) mass is 386 g/mol. The number of sulfonamides is 1. The molecule has 0 unspecified atom stereocenters. The molecular weight excluding hydrogens is 360 g/mol. The molecule has 0 spiro atoms. The van der Waals surface area contributed by atoms with Gasteiger partial charge >= 0.3 is 0 Å². The van der Waals surface area contributed by atoms with Crippen LogP contribution in [0.5, 0.6) is 0 Å². The zero-order valence-electron chi connectivity index (χ0n) is 16.4. The fourth-order valence-corrected chi connectivity index (χ4v) is 5.12. The summed E-state index contributed by atoms with van der Waals surface area (Å²) in [6.45, 7) is 8.36. The Morgan fingerprint density at radius 2 is 1.59 bits per heavy atom. The smallest absolute Gasteiger partial charge is 0.264 e. The summed E-state index contributed by atoms with van der Waals surface area (Å²) in [4.78, 5) is 13.1. The summed E-state index contributed by atoms with van der Waals surface area (Å²) < 4.78 is 26.7. The highest BCUT2D eigenvalue weighted by Gasteiger charge is 2.32. The molecule has 2 aromatic rings. The quantitative estimate of drug-likeness (QED) is 0.866. The van der Waals surface area contributed by atoms with Crippen LogP contribution in [0.15, 0.2) is 47.4 Å². The van der Waals surface area contributed by atoms with E-state index in [2.05, 4.69) is 33.0 Å². The molecule has 0 aromatic heterocycles. The van der Waals surface area contributed by atoms with Gasteiger partial charge in [-0.3, -0.25) is 9.10 Å². The molecule has 27 heavy (non-hydrogen) atoms. The molecule has 0 saturated carbocycles. The summed E-state index contributed by atoms with van der Waals surface area (Å²) in [6, 6.07) is 12.2. The third-order valence-corrected chi connectivity index (χ3v) is 6.98. The van der Waals surface area contributed by atoms with E-state index in [1.165, 1.54) is 11.4 Å². The fraction of sp³-hybridized carbons (Fsp3) is 0.381. The van der Waals surface area contributed by atoms with Gasteiger partial charge in [0, 0.05) is 29.8 Å². The van der Waals surface area contributed by atoms with Gasteiger partial charge in [-0.25, -0.2) is 8.42 Å². The molecular formula is C21H26N2O3S. The second-order valence-electron chi connectivity index (χ2n) is 7.69. The molecule has 0 saturated heterocycles. The topological polar surface area (TPSA) is 66.5 Å². The minimum Gasteiger partial charge on any atom is -0.349 e. The third-order valence-electron chi connectivity index (χ3n) is 5.15. The standard InChI is InChI=1S/C21H26N2O3S/c1-13(2)20(14(3)4)22-21(24)15-10-11-18-17(12-15)16-8-6-7-9-19(16)27(25,26)23(18)5/h6-14,20H,1-5H3,(H,22,24). The maximum Gasteiger partial charge on any atom is 0.264 e. The number of fused-ring (bicyclic) bond motifs is 3. The first-order valence-corrected chi connectivity index (χ1v) is 10.6. The van der Waals surface area contributed by atoms with E-state index in [-0.39, 0.29) is 16.8 Å². The predicted octanol–water partition coefficient (Wildman–Crippen LogP) is 3.90. The van der Waals surface area contributed by atoms with Crippen molar-refractivity contribution < 1.29 is 13.2 Å². The summed E-state index contributed by atoms with van der Waals surface area (Å²) in [5.41, 5.74) is 2.49. The third kappa shape index (κ3) is 3.34. The van der Waals surface area contributed by atoms with E-state index < -0.39 is 10.0 Å². The summed E-state index contributed by atoms with van der Waals surface area (Å²) in [6.07, 6.45) is 0. The van der Waals surface area contributed by atoms with Crippen molar-refractivity contribution in [2.24, 2.45) is 11.8 Å². The highest BCUT2D eigenvalue weighted by molar-refractivity contribution is 7.93. The maximum absolute atomic E-state index is 12.8. The minimum absolute atomic E-state index is 0.0730.